The Morgan fingerprint density at radius 1 is 1.85 bits per heavy atom. The third-order valence-corrected chi connectivity index (χ3v) is 2.06. The Kier molecular flexibility index (Phi) is 3.48. The van der Waals surface area contributed by atoms with Crippen LogP contribution >= 0.6 is 15.9 Å². The maximum Gasteiger partial charge on any atom is 0.288 e. The number of carbonyl (C=O) groups is 1. The van der Waals surface area contributed by atoms with Gasteiger partial charge in [0, 0.05) is 0 Å². The summed E-state index contributed by atoms with van der Waals surface area (Å²) in [6.45, 7) is 0.985. The van der Waals surface area contributed by atoms with Crippen LogP contribution in [0.3, 0.4) is 0 Å². The summed E-state index contributed by atoms with van der Waals surface area (Å²) in [6, 6.07) is 1.11. The molecule has 1 aromatic rings. The molecule has 72 valence electrons. The van der Waals surface area contributed by atoms with Crippen molar-refractivity contribution < 1.29 is 13.6 Å². The Bertz CT molecular complexity index is 300. The maximum absolute atomic E-state index is 12.0. The molecular formula is C8H9BrFNO2. The summed E-state index contributed by atoms with van der Waals surface area (Å²) in [6.07, 6.45) is 1.39. The Morgan fingerprint density at radius 3 is 3.00 bits per heavy atom. The van der Waals surface area contributed by atoms with E-state index in [-0.39, 0.29) is 5.76 Å². The molecule has 1 amide bonds. The van der Waals surface area contributed by atoms with E-state index in [4.69, 9.17) is 4.42 Å². The molecule has 1 N–H and O–H groups in total. The van der Waals surface area contributed by atoms with Crippen LogP contribution in [0.5, 0.6) is 0 Å². The first-order chi connectivity index (χ1) is 6.15. The standard InChI is InChI=1S/C8H9BrFNO2/c1-5(4-10)11-8(12)7-6(9)2-3-13-7/h2-3,5H,4H2,1H3,(H,11,12). The van der Waals surface area contributed by atoms with Crippen LogP contribution < -0.4 is 5.32 Å². The second-order valence-electron chi connectivity index (χ2n) is 2.63. The van der Waals surface area contributed by atoms with Crippen molar-refractivity contribution in [2.75, 3.05) is 6.67 Å². The zero-order valence-corrected chi connectivity index (χ0v) is 8.60. The van der Waals surface area contributed by atoms with Gasteiger partial charge in [-0.05, 0) is 28.9 Å². The molecule has 1 rings (SSSR count). The molecule has 1 atom stereocenters. The van der Waals surface area contributed by atoms with Crippen molar-refractivity contribution in [2.45, 2.75) is 13.0 Å². The van der Waals surface area contributed by atoms with Gasteiger partial charge in [0.05, 0.1) is 16.8 Å². The predicted octanol–water partition coefficient (Wildman–Crippen LogP) is 2.13. The van der Waals surface area contributed by atoms with Crippen LogP contribution in [-0.2, 0) is 0 Å². The van der Waals surface area contributed by atoms with Gasteiger partial charge in [-0.25, -0.2) is 4.39 Å². The maximum atomic E-state index is 12.0. The van der Waals surface area contributed by atoms with Crippen LogP contribution in [0.25, 0.3) is 0 Å². The second-order valence-corrected chi connectivity index (χ2v) is 3.48. The second kappa shape index (κ2) is 4.41. The topological polar surface area (TPSA) is 42.2 Å². The fraction of sp³-hybridized carbons (Fsp3) is 0.375. The van der Waals surface area contributed by atoms with E-state index in [0.29, 0.717) is 4.47 Å². The van der Waals surface area contributed by atoms with E-state index in [2.05, 4.69) is 21.2 Å². The summed E-state index contributed by atoms with van der Waals surface area (Å²) in [5.74, 6) is -0.248. The van der Waals surface area contributed by atoms with Gasteiger partial charge in [-0.1, -0.05) is 0 Å². The molecule has 3 nitrogen and oxygen atoms in total. The van der Waals surface area contributed by atoms with Gasteiger partial charge in [-0.15, -0.1) is 0 Å². The number of alkyl halides is 1. The first-order valence-corrected chi connectivity index (χ1v) is 4.54. The highest BCUT2D eigenvalue weighted by molar-refractivity contribution is 9.10. The molecule has 0 fully saturated rings. The average molecular weight is 250 g/mol. The third-order valence-electron chi connectivity index (χ3n) is 1.43. The van der Waals surface area contributed by atoms with Gasteiger partial charge in [0.25, 0.3) is 5.91 Å². The SMILES string of the molecule is CC(CF)NC(=O)c1occc1Br. The van der Waals surface area contributed by atoms with Crippen molar-refractivity contribution in [1.29, 1.82) is 0 Å². The quantitative estimate of drug-likeness (QED) is 0.892. The van der Waals surface area contributed by atoms with Gasteiger partial charge < -0.3 is 9.73 Å². The molecule has 0 radical (unpaired) electrons. The van der Waals surface area contributed by atoms with Crippen LogP contribution in [0.2, 0.25) is 0 Å². The summed E-state index contributed by atoms with van der Waals surface area (Å²) in [5, 5.41) is 2.44. The Morgan fingerprint density at radius 2 is 2.54 bits per heavy atom. The molecule has 0 aliphatic heterocycles. The van der Waals surface area contributed by atoms with Crippen molar-refractivity contribution in [2.24, 2.45) is 0 Å². The van der Waals surface area contributed by atoms with Crippen LogP contribution in [0, 0.1) is 0 Å². The molecule has 0 spiro atoms. The van der Waals surface area contributed by atoms with Crippen LogP contribution in [0.1, 0.15) is 17.5 Å². The number of carbonyl (C=O) groups excluding carboxylic acids is 1. The van der Waals surface area contributed by atoms with E-state index < -0.39 is 18.6 Å². The minimum atomic E-state index is -0.593. The lowest BCUT2D eigenvalue weighted by Crippen LogP contribution is -2.33. The molecule has 1 unspecified atom stereocenters. The number of halogens is 2. The summed E-state index contributed by atoms with van der Waals surface area (Å²) < 4.78 is 17.5. The highest BCUT2D eigenvalue weighted by Crippen LogP contribution is 2.17. The number of nitrogens with one attached hydrogen (secondary N) is 1. The average Bonchev–Trinajstić information content (AvgIpc) is 2.51. The van der Waals surface area contributed by atoms with Gasteiger partial charge >= 0.3 is 0 Å². The molecule has 5 heteroatoms. The molecule has 0 saturated carbocycles. The first-order valence-electron chi connectivity index (χ1n) is 3.75. The summed E-state index contributed by atoms with van der Waals surface area (Å²) in [4.78, 5) is 11.3. The monoisotopic (exact) mass is 249 g/mol. The fourth-order valence-corrected chi connectivity index (χ4v) is 1.17. The van der Waals surface area contributed by atoms with Crippen molar-refractivity contribution in [3.8, 4) is 0 Å². The normalized spacial score (nSPS) is 12.5. The van der Waals surface area contributed by atoms with Crippen LogP contribution in [-0.4, -0.2) is 18.6 Å². The Labute approximate surface area is 83.4 Å². The van der Waals surface area contributed by atoms with Crippen LogP contribution in [0.4, 0.5) is 4.39 Å². The lowest BCUT2D eigenvalue weighted by atomic mass is 10.3. The van der Waals surface area contributed by atoms with Gasteiger partial charge in [-0.2, -0.15) is 0 Å². The molecule has 1 aromatic heterocycles. The van der Waals surface area contributed by atoms with Gasteiger partial charge in [0.2, 0.25) is 5.76 Å². The summed E-state index contributed by atoms with van der Waals surface area (Å²) in [7, 11) is 0. The number of hydrogen-bond acceptors (Lipinski definition) is 2. The van der Waals surface area contributed by atoms with E-state index in [1.807, 2.05) is 0 Å². The van der Waals surface area contributed by atoms with Crippen molar-refractivity contribution in [1.82, 2.24) is 5.32 Å². The van der Waals surface area contributed by atoms with E-state index in [0.717, 1.165) is 0 Å². The van der Waals surface area contributed by atoms with E-state index in [1.165, 1.54) is 6.26 Å². The Hall–Kier alpha value is -0.840. The number of rotatable bonds is 3. The fourth-order valence-electron chi connectivity index (χ4n) is 0.784. The Balaban J connectivity index is 2.64. The number of hydrogen-bond donors (Lipinski definition) is 1. The minimum Gasteiger partial charge on any atom is -0.458 e. The molecule has 1 heterocycles. The van der Waals surface area contributed by atoms with Gasteiger partial charge in [0.15, 0.2) is 0 Å². The first kappa shape index (κ1) is 10.2. The predicted molar refractivity (Wildman–Crippen MR) is 49.3 cm³/mol. The molecule has 13 heavy (non-hydrogen) atoms. The zero-order chi connectivity index (χ0) is 9.84. The van der Waals surface area contributed by atoms with Crippen molar-refractivity contribution in [3.63, 3.8) is 0 Å². The number of amides is 1. The molecule has 0 bridgehead atoms. The smallest absolute Gasteiger partial charge is 0.288 e. The molecule has 0 aliphatic carbocycles. The molecule has 0 aromatic carbocycles. The third kappa shape index (κ3) is 2.55. The lowest BCUT2D eigenvalue weighted by molar-refractivity contribution is 0.0905. The highest BCUT2D eigenvalue weighted by Gasteiger charge is 2.15. The molecule has 0 aliphatic rings. The van der Waals surface area contributed by atoms with E-state index in [9.17, 15) is 9.18 Å². The largest absolute Gasteiger partial charge is 0.458 e. The minimum absolute atomic E-state index is 0.167. The summed E-state index contributed by atoms with van der Waals surface area (Å²) in [5.41, 5.74) is 0. The highest BCUT2D eigenvalue weighted by atomic mass is 79.9. The molecule has 0 saturated heterocycles. The van der Waals surface area contributed by atoms with E-state index in [1.54, 1.807) is 13.0 Å². The summed E-state index contributed by atoms with van der Waals surface area (Å²) >= 11 is 3.13. The molecular weight excluding hydrogens is 241 g/mol. The lowest BCUT2D eigenvalue weighted by Gasteiger charge is -2.07. The van der Waals surface area contributed by atoms with E-state index >= 15 is 0 Å². The van der Waals surface area contributed by atoms with Crippen molar-refractivity contribution in [3.05, 3.63) is 22.6 Å². The zero-order valence-electron chi connectivity index (χ0n) is 7.01. The van der Waals surface area contributed by atoms with Crippen molar-refractivity contribution >= 4 is 21.8 Å². The van der Waals surface area contributed by atoms with Gasteiger partial charge in [0.1, 0.15) is 6.67 Å². The van der Waals surface area contributed by atoms with Crippen LogP contribution in [0.15, 0.2) is 21.2 Å². The number of furan rings is 1. The van der Waals surface area contributed by atoms with Gasteiger partial charge in [-0.3, -0.25) is 4.79 Å².